The zero-order valence-electron chi connectivity index (χ0n) is 11.1. The summed E-state index contributed by atoms with van der Waals surface area (Å²) in [6, 6.07) is 14.0. The van der Waals surface area contributed by atoms with Gasteiger partial charge in [-0.2, -0.15) is 0 Å². The van der Waals surface area contributed by atoms with Crippen molar-refractivity contribution in [2.75, 3.05) is 22.5 Å². The molecule has 0 aliphatic carbocycles. The Bertz CT molecular complexity index is 581. The molecule has 2 amide bonds. The van der Waals surface area contributed by atoms with Gasteiger partial charge in [0.25, 0.3) is 0 Å². The summed E-state index contributed by atoms with van der Waals surface area (Å²) >= 11 is 5.81. The van der Waals surface area contributed by atoms with Crippen LogP contribution in [-0.2, 0) is 0 Å². The summed E-state index contributed by atoms with van der Waals surface area (Å²) < 4.78 is 0. The van der Waals surface area contributed by atoms with E-state index >= 15 is 0 Å². The minimum absolute atomic E-state index is 0.195. The molecule has 20 heavy (non-hydrogen) atoms. The van der Waals surface area contributed by atoms with Crippen molar-refractivity contribution in [3.8, 4) is 0 Å². The zero-order valence-corrected chi connectivity index (χ0v) is 11.9. The predicted octanol–water partition coefficient (Wildman–Crippen LogP) is 3.98. The molecule has 0 aliphatic rings. The van der Waals surface area contributed by atoms with Crippen molar-refractivity contribution in [3.05, 3.63) is 53.6 Å². The van der Waals surface area contributed by atoms with Gasteiger partial charge in [-0.25, -0.2) is 4.79 Å². The van der Waals surface area contributed by atoms with Crippen LogP contribution in [0, 0.1) is 0 Å². The first kappa shape index (κ1) is 14.2. The fourth-order valence-electron chi connectivity index (χ4n) is 1.82. The Hall–Kier alpha value is -2.20. The largest absolute Gasteiger partial charge is 0.399 e. The van der Waals surface area contributed by atoms with Crippen LogP contribution in [0.2, 0.25) is 5.02 Å². The second kappa shape index (κ2) is 6.30. The minimum atomic E-state index is -0.195. The normalized spacial score (nSPS) is 10.1. The second-order valence-corrected chi connectivity index (χ2v) is 4.71. The van der Waals surface area contributed by atoms with Gasteiger partial charge in [-0.15, -0.1) is 0 Å². The van der Waals surface area contributed by atoms with E-state index in [2.05, 4.69) is 5.32 Å². The molecule has 0 spiro atoms. The molecule has 0 fully saturated rings. The van der Waals surface area contributed by atoms with Crippen molar-refractivity contribution < 1.29 is 4.79 Å². The third kappa shape index (κ3) is 3.42. The van der Waals surface area contributed by atoms with Crippen LogP contribution in [0.15, 0.2) is 48.5 Å². The van der Waals surface area contributed by atoms with Crippen LogP contribution in [0.3, 0.4) is 0 Å². The summed E-state index contributed by atoms with van der Waals surface area (Å²) in [5.74, 6) is 0. The Labute approximate surface area is 123 Å². The number of carbonyl (C=O) groups is 1. The first-order valence-electron chi connectivity index (χ1n) is 6.30. The van der Waals surface area contributed by atoms with Crippen molar-refractivity contribution in [2.24, 2.45) is 0 Å². The summed E-state index contributed by atoms with van der Waals surface area (Å²) in [6.07, 6.45) is 0. The van der Waals surface area contributed by atoms with E-state index < -0.39 is 0 Å². The monoisotopic (exact) mass is 289 g/mol. The van der Waals surface area contributed by atoms with Gasteiger partial charge in [0.2, 0.25) is 0 Å². The fourth-order valence-corrected chi connectivity index (χ4v) is 1.95. The number of amides is 2. The Morgan fingerprint density at radius 2 is 1.75 bits per heavy atom. The highest BCUT2D eigenvalue weighted by molar-refractivity contribution is 6.30. The number of nitrogens with one attached hydrogen (secondary N) is 1. The van der Waals surface area contributed by atoms with Crippen molar-refractivity contribution in [2.45, 2.75) is 6.92 Å². The zero-order chi connectivity index (χ0) is 14.5. The van der Waals surface area contributed by atoms with E-state index in [1.807, 2.05) is 19.1 Å². The van der Waals surface area contributed by atoms with E-state index in [0.717, 1.165) is 5.69 Å². The Morgan fingerprint density at radius 1 is 1.15 bits per heavy atom. The highest BCUT2D eigenvalue weighted by Gasteiger charge is 2.13. The standard InChI is InChI=1S/C15H16ClN3O/c1-2-19(14-9-5-12(17)6-10-14)15(20)18-13-7-3-11(16)4-8-13/h3-10H,2,17H2,1H3,(H,18,20). The Morgan fingerprint density at radius 3 is 2.30 bits per heavy atom. The Balaban J connectivity index is 2.13. The number of hydrogen-bond acceptors (Lipinski definition) is 2. The van der Waals surface area contributed by atoms with Crippen LogP contribution in [-0.4, -0.2) is 12.6 Å². The minimum Gasteiger partial charge on any atom is -0.399 e. The molecule has 0 aliphatic heterocycles. The number of benzene rings is 2. The highest BCUT2D eigenvalue weighted by Crippen LogP contribution is 2.18. The van der Waals surface area contributed by atoms with Gasteiger partial charge in [0.1, 0.15) is 0 Å². The highest BCUT2D eigenvalue weighted by atomic mass is 35.5. The molecule has 0 bridgehead atoms. The number of urea groups is 1. The molecular weight excluding hydrogens is 274 g/mol. The number of nitrogens with zero attached hydrogens (tertiary/aromatic N) is 1. The maximum absolute atomic E-state index is 12.3. The average Bonchev–Trinajstić information content (AvgIpc) is 2.44. The third-order valence-corrected chi connectivity index (χ3v) is 3.11. The molecule has 0 radical (unpaired) electrons. The summed E-state index contributed by atoms with van der Waals surface area (Å²) in [4.78, 5) is 13.9. The number of anilines is 3. The van der Waals surface area contributed by atoms with E-state index in [9.17, 15) is 4.79 Å². The lowest BCUT2D eigenvalue weighted by Gasteiger charge is -2.21. The molecule has 4 nitrogen and oxygen atoms in total. The van der Waals surface area contributed by atoms with Crippen molar-refractivity contribution in [1.29, 1.82) is 0 Å². The van der Waals surface area contributed by atoms with E-state index in [1.165, 1.54) is 0 Å². The molecule has 2 aromatic carbocycles. The average molecular weight is 290 g/mol. The van der Waals surface area contributed by atoms with Gasteiger partial charge >= 0.3 is 6.03 Å². The lowest BCUT2D eigenvalue weighted by atomic mass is 10.2. The van der Waals surface area contributed by atoms with Crippen LogP contribution < -0.4 is 16.0 Å². The van der Waals surface area contributed by atoms with Gasteiger partial charge in [0.05, 0.1) is 0 Å². The second-order valence-electron chi connectivity index (χ2n) is 4.27. The fraction of sp³-hybridized carbons (Fsp3) is 0.133. The maximum atomic E-state index is 12.3. The van der Waals surface area contributed by atoms with Crippen LogP contribution in [0.25, 0.3) is 0 Å². The molecule has 2 aromatic rings. The van der Waals surface area contributed by atoms with Gasteiger partial charge in [-0.3, -0.25) is 4.90 Å². The van der Waals surface area contributed by atoms with Crippen molar-refractivity contribution in [1.82, 2.24) is 0 Å². The van der Waals surface area contributed by atoms with Gasteiger partial charge in [0.15, 0.2) is 0 Å². The smallest absolute Gasteiger partial charge is 0.326 e. The molecule has 0 heterocycles. The van der Waals surface area contributed by atoms with Crippen LogP contribution in [0.1, 0.15) is 6.92 Å². The lowest BCUT2D eigenvalue weighted by Crippen LogP contribution is -2.34. The molecule has 3 N–H and O–H groups in total. The molecule has 0 atom stereocenters. The lowest BCUT2D eigenvalue weighted by molar-refractivity contribution is 0.257. The third-order valence-electron chi connectivity index (χ3n) is 2.86. The Kier molecular flexibility index (Phi) is 4.48. The summed E-state index contributed by atoms with van der Waals surface area (Å²) in [6.45, 7) is 2.47. The molecule has 2 rings (SSSR count). The predicted molar refractivity (Wildman–Crippen MR) is 84.3 cm³/mol. The van der Waals surface area contributed by atoms with Gasteiger partial charge in [0, 0.05) is 28.6 Å². The number of rotatable bonds is 3. The number of halogens is 1. The van der Waals surface area contributed by atoms with Crippen LogP contribution in [0.4, 0.5) is 21.9 Å². The van der Waals surface area contributed by atoms with Crippen LogP contribution >= 0.6 is 11.6 Å². The summed E-state index contributed by atoms with van der Waals surface area (Å²) in [5.41, 5.74) is 7.82. The summed E-state index contributed by atoms with van der Waals surface area (Å²) in [7, 11) is 0. The molecule has 5 heteroatoms. The maximum Gasteiger partial charge on any atom is 0.326 e. The molecule has 0 unspecified atom stereocenters. The molecule has 104 valence electrons. The van der Waals surface area contributed by atoms with E-state index in [1.54, 1.807) is 41.3 Å². The SMILES string of the molecule is CCN(C(=O)Nc1ccc(Cl)cc1)c1ccc(N)cc1. The van der Waals surface area contributed by atoms with E-state index in [0.29, 0.717) is 22.9 Å². The van der Waals surface area contributed by atoms with Gasteiger partial charge in [-0.05, 0) is 55.5 Å². The topological polar surface area (TPSA) is 58.4 Å². The van der Waals surface area contributed by atoms with Gasteiger partial charge < -0.3 is 11.1 Å². The molecule has 0 saturated heterocycles. The van der Waals surface area contributed by atoms with E-state index in [-0.39, 0.29) is 6.03 Å². The van der Waals surface area contributed by atoms with Crippen molar-refractivity contribution in [3.63, 3.8) is 0 Å². The van der Waals surface area contributed by atoms with Gasteiger partial charge in [-0.1, -0.05) is 11.6 Å². The van der Waals surface area contributed by atoms with E-state index in [4.69, 9.17) is 17.3 Å². The number of nitrogen functional groups attached to an aromatic ring is 1. The van der Waals surface area contributed by atoms with Crippen LogP contribution in [0.5, 0.6) is 0 Å². The first-order chi connectivity index (χ1) is 9.60. The number of hydrogen-bond donors (Lipinski definition) is 2. The summed E-state index contributed by atoms with van der Waals surface area (Å²) in [5, 5.41) is 3.46. The first-order valence-corrected chi connectivity index (χ1v) is 6.67. The quantitative estimate of drug-likeness (QED) is 0.840. The molecular formula is C15H16ClN3O. The molecule has 0 aromatic heterocycles. The molecule has 0 saturated carbocycles. The number of carbonyl (C=O) groups excluding carboxylic acids is 1. The number of nitrogens with two attached hydrogens (primary N) is 1. The van der Waals surface area contributed by atoms with Crippen molar-refractivity contribution >= 4 is 34.7 Å².